The van der Waals surface area contributed by atoms with Crippen LogP contribution in [0.3, 0.4) is 0 Å². The summed E-state index contributed by atoms with van der Waals surface area (Å²) >= 11 is 5.82. The van der Waals surface area contributed by atoms with Crippen LogP contribution in [0.4, 0.5) is 5.69 Å². The van der Waals surface area contributed by atoms with E-state index in [4.69, 9.17) is 11.6 Å². The van der Waals surface area contributed by atoms with Crippen LogP contribution in [-0.4, -0.2) is 20.5 Å². The Kier molecular flexibility index (Phi) is 3.95. The highest BCUT2D eigenvalue weighted by Gasteiger charge is 2.22. The van der Waals surface area contributed by atoms with Crippen molar-refractivity contribution >= 4 is 29.1 Å². The molecule has 0 aliphatic carbocycles. The van der Waals surface area contributed by atoms with Crippen molar-refractivity contribution in [2.75, 3.05) is 0 Å². The van der Waals surface area contributed by atoms with Gasteiger partial charge in [0.2, 0.25) is 11.5 Å². The highest BCUT2D eigenvalue weighted by Crippen LogP contribution is 2.18. The molecule has 1 heterocycles. The lowest BCUT2D eigenvalue weighted by Gasteiger charge is -1.94. The molecular formula is C13H10ClN3O3. The first-order valence-electron chi connectivity index (χ1n) is 5.63. The number of hydrogen-bond donors (Lipinski definition) is 0. The number of benzene rings is 1. The topological polar surface area (TPSA) is 78.0 Å². The minimum atomic E-state index is -0.631. The molecule has 0 N–H and O–H groups in total. The van der Waals surface area contributed by atoms with E-state index < -0.39 is 10.7 Å². The number of ketones is 1. The second-order valence-corrected chi connectivity index (χ2v) is 4.48. The monoisotopic (exact) mass is 291 g/mol. The summed E-state index contributed by atoms with van der Waals surface area (Å²) < 4.78 is 1.23. The van der Waals surface area contributed by atoms with Crippen molar-refractivity contribution in [1.29, 1.82) is 0 Å². The fraction of sp³-hybridized carbons (Fsp3) is 0.0769. The molecule has 0 bridgehead atoms. The van der Waals surface area contributed by atoms with Gasteiger partial charge in [-0.25, -0.2) is 0 Å². The van der Waals surface area contributed by atoms with E-state index in [1.807, 2.05) is 0 Å². The second kappa shape index (κ2) is 5.66. The molecule has 0 atom stereocenters. The molecule has 0 fully saturated rings. The van der Waals surface area contributed by atoms with Gasteiger partial charge in [-0.1, -0.05) is 29.8 Å². The molecule has 0 unspecified atom stereocenters. The lowest BCUT2D eigenvalue weighted by Crippen LogP contribution is -2.01. The molecule has 1 aromatic carbocycles. The molecule has 6 nitrogen and oxygen atoms in total. The Morgan fingerprint density at radius 1 is 1.50 bits per heavy atom. The summed E-state index contributed by atoms with van der Waals surface area (Å²) in [6, 6.07) is 6.90. The minimum absolute atomic E-state index is 0.184. The third kappa shape index (κ3) is 3.10. The summed E-state index contributed by atoms with van der Waals surface area (Å²) in [7, 11) is 1.52. The molecule has 0 saturated heterocycles. The molecule has 102 valence electrons. The van der Waals surface area contributed by atoms with Gasteiger partial charge < -0.3 is 0 Å². The van der Waals surface area contributed by atoms with Crippen molar-refractivity contribution in [2.45, 2.75) is 0 Å². The summed E-state index contributed by atoms with van der Waals surface area (Å²) in [5.41, 5.74) is 0.230. The van der Waals surface area contributed by atoms with Crippen molar-refractivity contribution in [1.82, 2.24) is 9.78 Å². The van der Waals surface area contributed by atoms with E-state index in [0.29, 0.717) is 5.02 Å². The Hall–Kier alpha value is -2.47. The van der Waals surface area contributed by atoms with E-state index in [1.165, 1.54) is 30.1 Å². The smallest absolute Gasteiger partial charge is 0.287 e. The maximum absolute atomic E-state index is 11.9. The van der Waals surface area contributed by atoms with Gasteiger partial charge in [0.1, 0.15) is 6.20 Å². The van der Waals surface area contributed by atoms with Crippen LogP contribution >= 0.6 is 11.6 Å². The van der Waals surface area contributed by atoms with Crippen LogP contribution in [-0.2, 0) is 7.05 Å². The van der Waals surface area contributed by atoms with E-state index in [9.17, 15) is 14.9 Å². The van der Waals surface area contributed by atoms with Crippen LogP contribution in [0, 0.1) is 10.1 Å². The number of halogens is 1. The van der Waals surface area contributed by atoms with Crippen molar-refractivity contribution in [3.8, 4) is 0 Å². The Bertz CT molecular complexity index is 707. The number of rotatable bonds is 4. The molecule has 0 saturated carbocycles. The molecule has 7 heteroatoms. The van der Waals surface area contributed by atoms with Crippen LogP contribution in [0.2, 0.25) is 5.02 Å². The van der Waals surface area contributed by atoms with E-state index >= 15 is 0 Å². The Morgan fingerprint density at radius 3 is 2.90 bits per heavy atom. The molecule has 0 radical (unpaired) electrons. The van der Waals surface area contributed by atoms with E-state index in [1.54, 1.807) is 24.3 Å². The maximum Gasteiger partial charge on any atom is 0.318 e. The first-order chi connectivity index (χ1) is 9.47. The van der Waals surface area contributed by atoms with Crippen LogP contribution in [0.25, 0.3) is 6.08 Å². The number of nitro groups is 1. The quantitative estimate of drug-likeness (QED) is 0.375. The second-order valence-electron chi connectivity index (χ2n) is 4.05. The van der Waals surface area contributed by atoms with Gasteiger partial charge in [0.15, 0.2) is 0 Å². The SMILES string of the molecule is Cn1cc([N+](=O)[O-])c(C(=O)/C=C/c2cccc(Cl)c2)n1. The average molecular weight is 292 g/mol. The first-order valence-corrected chi connectivity index (χ1v) is 6.01. The number of aryl methyl sites for hydroxylation is 1. The molecule has 0 spiro atoms. The van der Waals surface area contributed by atoms with Crippen molar-refractivity contribution in [3.63, 3.8) is 0 Å². The zero-order chi connectivity index (χ0) is 14.7. The number of carbonyl (C=O) groups is 1. The zero-order valence-electron chi connectivity index (χ0n) is 10.5. The first kappa shape index (κ1) is 14.0. The molecule has 0 aliphatic heterocycles. The predicted octanol–water partition coefficient (Wildman–Crippen LogP) is 2.88. The molecule has 2 aromatic rings. The minimum Gasteiger partial charge on any atom is -0.287 e. The molecule has 1 aromatic heterocycles. The van der Waals surface area contributed by atoms with Gasteiger partial charge in [-0.05, 0) is 23.8 Å². The van der Waals surface area contributed by atoms with Gasteiger partial charge in [0.25, 0.3) is 0 Å². The number of carbonyl (C=O) groups excluding carboxylic acids is 1. The van der Waals surface area contributed by atoms with Crippen molar-refractivity contribution < 1.29 is 9.72 Å². The van der Waals surface area contributed by atoms with Gasteiger partial charge in [0.05, 0.1) is 4.92 Å². The van der Waals surface area contributed by atoms with E-state index in [0.717, 1.165) is 5.56 Å². The van der Waals surface area contributed by atoms with Gasteiger partial charge in [-0.15, -0.1) is 0 Å². The van der Waals surface area contributed by atoms with Gasteiger partial charge in [-0.2, -0.15) is 5.10 Å². The van der Waals surface area contributed by atoms with Gasteiger partial charge in [0, 0.05) is 12.1 Å². The number of allylic oxidation sites excluding steroid dienone is 1. The lowest BCUT2D eigenvalue weighted by atomic mass is 10.1. The molecule has 0 aliphatic rings. The predicted molar refractivity (Wildman–Crippen MR) is 74.7 cm³/mol. The normalized spacial score (nSPS) is 10.9. The summed E-state index contributed by atoms with van der Waals surface area (Å²) in [5, 5.41) is 15.2. The maximum atomic E-state index is 11.9. The van der Waals surface area contributed by atoms with Gasteiger partial charge in [-0.3, -0.25) is 19.6 Å². The number of hydrogen-bond acceptors (Lipinski definition) is 4. The standard InChI is InChI=1S/C13H10ClN3O3/c1-16-8-11(17(19)20)13(15-16)12(18)6-5-9-3-2-4-10(14)7-9/h2-8H,1H3/b6-5+. The van der Waals surface area contributed by atoms with Crippen LogP contribution < -0.4 is 0 Å². The third-order valence-corrected chi connectivity index (χ3v) is 2.75. The molecule has 2 rings (SSSR count). The Balaban J connectivity index is 2.26. The largest absolute Gasteiger partial charge is 0.318 e. The molecule has 0 amide bonds. The van der Waals surface area contributed by atoms with E-state index in [2.05, 4.69) is 5.10 Å². The summed E-state index contributed by atoms with van der Waals surface area (Å²) in [4.78, 5) is 22.1. The van der Waals surface area contributed by atoms with Crippen molar-refractivity contribution in [3.05, 3.63) is 62.9 Å². The van der Waals surface area contributed by atoms with E-state index in [-0.39, 0.29) is 11.4 Å². The van der Waals surface area contributed by atoms with Gasteiger partial charge >= 0.3 is 5.69 Å². The van der Waals surface area contributed by atoms with Crippen LogP contribution in [0.5, 0.6) is 0 Å². The fourth-order valence-electron chi connectivity index (χ4n) is 1.65. The lowest BCUT2D eigenvalue weighted by molar-refractivity contribution is -0.385. The van der Waals surface area contributed by atoms with Crippen LogP contribution in [0.15, 0.2) is 36.5 Å². The molecule has 20 heavy (non-hydrogen) atoms. The zero-order valence-corrected chi connectivity index (χ0v) is 11.2. The fourth-order valence-corrected chi connectivity index (χ4v) is 1.84. The number of aromatic nitrogens is 2. The Morgan fingerprint density at radius 2 is 2.25 bits per heavy atom. The number of nitrogens with zero attached hydrogens (tertiary/aromatic N) is 3. The Labute approximate surface area is 119 Å². The summed E-state index contributed by atoms with van der Waals surface area (Å²) in [6.07, 6.45) is 3.97. The molecular weight excluding hydrogens is 282 g/mol. The average Bonchev–Trinajstić information content (AvgIpc) is 2.78. The summed E-state index contributed by atoms with van der Waals surface area (Å²) in [6.45, 7) is 0. The summed E-state index contributed by atoms with van der Waals surface area (Å²) in [5.74, 6) is -0.530. The van der Waals surface area contributed by atoms with Crippen LogP contribution in [0.1, 0.15) is 16.1 Å². The third-order valence-electron chi connectivity index (χ3n) is 2.52. The highest BCUT2D eigenvalue weighted by atomic mass is 35.5. The van der Waals surface area contributed by atoms with Crippen molar-refractivity contribution in [2.24, 2.45) is 7.05 Å². The highest BCUT2D eigenvalue weighted by molar-refractivity contribution is 6.30.